The topological polar surface area (TPSA) is 43.8 Å². The van der Waals surface area contributed by atoms with Gasteiger partial charge in [0.05, 0.1) is 18.3 Å². The summed E-state index contributed by atoms with van der Waals surface area (Å²) in [7, 11) is 0. The monoisotopic (exact) mass is 251 g/mol. The quantitative estimate of drug-likeness (QED) is 0.777. The maximum absolute atomic E-state index is 6.34. The molecule has 0 spiro atoms. The maximum atomic E-state index is 6.34. The number of nitrogens with two attached hydrogens (primary N) is 1. The summed E-state index contributed by atoms with van der Waals surface area (Å²) in [6.07, 6.45) is 1.97. The molecule has 1 atom stereocenters. The number of fused-ring (bicyclic) bond motifs is 1. The first-order valence-corrected chi connectivity index (χ1v) is 6.47. The molecule has 0 radical (unpaired) electrons. The second kappa shape index (κ2) is 4.86. The van der Waals surface area contributed by atoms with E-state index in [4.69, 9.17) is 5.73 Å². The van der Waals surface area contributed by atoms with Crippen LogP contribution >= 0.6 is 0 Å². The van der Waals surface area contributed by atoms with Gasteiger partial charge in [0.1, 0.15) is 0 Å². The number of aromatic nitrogens is 2. The third kappa shape index (κ3) is 2.37. The first-order valence-electron chi connectivity index (χ1n) is 6.47. The Morgan fingerprint density at radius 3 is 2.68 bits per heavy atom. The van der Waals surface area contributed by atoms with Crippen molar-refractivity contribution in [3.8, 4) is 0 Å². The molecule has 2 aromatic carbocycles. The number of benzene rings is 2. The molecule has 19 heavy (non-hydrogen) atoms. The summed E-state index contributed by atoms with van der Waals surface area (Å²) in [5, 5.41) is 6.85. The SMILES string of the molecule is Cc1ccn(CC(N)c2cccc3ccccc23)n1. The van der Waals surface area contributed by atoms with Crippen molar-refractivity contribution in [3.05, 3.63) is 66.0 Å². The number of nitrogens with zero attached hydrogens (tertiary/aromatic N) is 2. The van der Waals surface area contributed by atoms with Crippen LogP contribution in [0.25, 0.3) is 10.8 Å². The van der Waals surface area contributed by atoms with Crippen LogP contribution in [0.15, 0.2) is 54.7 Å². The van der Waals surface area contributed by atoms with E-state index < -0.39 is 0 Å². The van der Waals surface area contributed by atoms with Gasteiger partial charge in [-0.3, -0.25) is 4.68 Å². The minimum absolute atomic E-state index is 0.0506. The molecule has 0 saturated heterocycles. The molecular formula is C16H17N3. The smallest absolute Gasteiger partial charge is 0.0602 e. The van der Waals surface area contributed by atoms with Crippen LogP contribution < -0.4 is 5.73 Å². The summed E-state index contributed by atoms with van der Waals surface area (Å²) < 4.78 is 1.90. The molecule has 0 fully saturated rings. The third-order valence-electron chi connectivity index (χ3n) is 3.38. The summed E-state index contributed by atoms with van der Waals surface area (Å²) in [4.78, 5) is 0. The fourth-order valence-electron chi connectivity index (χ4n) is 2.44. The average Bonchev–Trinajstić information content (AvgIpc) is 2.83. The number of aryl methyl sites for hydroxylation is 1. The molecule has 0 aliphatic rings. The van der Waals surface area contributed by atoms with Crippen LogP contribution in [-0.4, -0.2) is 9.78 Å². The van der Waals surface area contributed by atoms with E-state index in [1.807, 2.05) is 23.9 Å². The number of hydrogen-bond donors (Lipinski definition) is 1. The number of rotatable bonds is 3. The highest BCUT2D eigenvalue weighted by molar-refractivity contribution is 5.86. The standard InChI is InChI=1S/C16H17N3/c1-12-9-10-19(18-12)11-16(17)15-8-4-6-13-5-2-3-7-14(13)15/h2-10,16H,11,17H2,1H3. The maximum Gasteiger partial charge on any atom is 0.0602 e. The van der Waals surface area contributed by atoms with Crippen molar-refractivity contribution < 1.29 is 0 Å². The van der Waals surface area contributed by atoms with E-state index in [0.29, 0.717) is 6.54 Å². The normalized spacial score (nSPS) is 12.7. The lowest BCUT2D eigenvalue weighted by Gasteiger charge is -2.15. The van der Waals surface area contributed by atoms with Crippen molar-refractivity contribution in [2.75, 3.05) is 0 Å². The van der Waals surface area contributed by atoms with Gasteiger partial charge >= 0.3 is 0 Å². The van der Waals surface area contributed by atoms with Gasteiger partial charge in [-0.2, -0.15) is 5.10 Å². The predicted octanol–water partition coefficient (Wildman–Crippen LogP) is 3.04. The fourth-order valence-corrected chi connectivity index (χ4v) is 2.44. The van der Waals surface area contributed by atoms with Gasteiger partial charge in [0.25, 0.3) is 0 Å². The third-order valence-corrected chi connectivity index (χ3v) is 3.38. The minimum Gasteiger partial charge on any atom is -0.322 e. The molecule has 3 nitrogen and oxygen atoms in total. The van der Waals surface area contributed by atoms with Crippen LogP contribution in [0.4, 0.5) is 0 Å². The van der Waals surface area contributed by atoms with Gasteiger partial charge < -0.3 is 5.73 Å². The van der Waals surface area contributed by atoms with Crippen molar-refractivity contribution in [2.24, 2.45) is 5.73 Å². The largest absolute Gasteiger partial charge is 0.322 e. The van der Waals surface area contributed by atoms with Crippen molar-refractivity contribution in [3.63, 3.8) is 0 Å². The first-order chi connectivity index (χ1) is 9.24. The molecule has 2 N–H and O–H groups in total. The van der Waals surface area contributed by atoms with Gasteiger partial charge in [-0.05, 0) is 29.3 Å². The van der Waals surface area contributed by atoms with Crippen LogP contribution in [-0.2, 0) is 6.54 Å². The Bertz CT molecular complexity index is 695. The average molecular weight is 251 g/mol. The van der Waals surface area contributed by atoms with Crippen LogP contribution in [0, 0.1) is 6.92 Å². The van der Waals surface area contributed by atoms with Crippen molar-refractivity contribution >= 4 is 10.8 Å². The molecule has 3 heteroatoms. The summed E-state index contributed by atoms with van der Waals surface area (Å²) in [6, 6.07) is 16.6. The molecule has 3 aromatic rings. The van der Waals surface area contributed by atoms with Crippen molar-refractivity contribution in [1.82, 2.24) is 9.78 Å². The van der Waals surface area contributed by atoms with Gasteiger partial charge in [-0.15, -0.1) is 0 Å². The Hall–Kier alpha value is -2.13. The van der Waals surface area contributed by atoms with Crippen LogP contribution in [0.3, 0.4) is 0 Å². The van der Waals surface area contributed by atoms with Crippen LogP contribution in [0.1, 0.15) is 17.3 Å². The van der Waals surface area contributed by atoms with Crippen molar-refractivity contribution in [2.45, 2.75) is 19.5 Å². The molecule has 0 aliphatic carbocycles. The van der Waals surface area contributed by atoms with E-state index >= 15 is 0 Å². The lowest BCUT2D eigenvalue weighted by atomic mass is 9.99. The lowest BCUT2D eigenvalue weighted by Crippen LogP contribution is -2.18. The van der Waals surface area contributed by atoms with Gasteiger partial charge in [-0.25, -0.2) is 0 Å². The van der Waals surface area contributed by atoms with Crippen LogP contribution in [0.5, 0.6) is 0 Å². The van der Waals surface area contributed by atoms with Crippen LogP contribution in [0.2, 0.25) is 0 Å². The highest BCUT2D eigenvalue weighted by Gasteiger charge is 2.10. The summed E-state index contributed by atoms with van der Waals surface area (Å²) in [6.45, 7) is 2.68. The van der Waals surface area contributed by atoms with E-state index in [9.17, 15) is 0 Å². The second-order valence-electron chi connectivity index (χ2n) is 4.85. The Morgan fingerprint density at radius 1 is 1.11 bits per heavy atom. The van der Waals surface area contributed by atoms with Gasteiger partial charge in [0.15, 0.2) is 0 Å². The van der Waals surface area contributed by atoms with Crippen molar-refractivity contribution in [1.29, 1.82) is 0 Å². The Labute approximate surface area is 112 Å². The zero-order valence-corrected chi connectivity index (χ0v) is 11.0. The van der Waals surface area contributed by atoms with E-state index in [0.717, 1.165) is 5.69 Å². The summed E-state index contributed by atoms with van der Waals surface area (Å²) >= 11 is 0. The molecular weight excluding hydrogens is 234 g/mol. The first kappa shape index (κ1) is 11.9. The highest BCUT2D eigenvalue weighted by atomic mass is 15.3. The predicted molar refractivity (Wildman–Crippen MR) is 77.8 cm³/mol. The van der Waals surface area contributed by atoms with E-state index in [1.165, 1.54) is 16.3 Å². The van der Waals surface area contributed by atoms with E-state index in [-0.39, 0.29) is 6.04 Å². The molecule has 1 heterocycles. The van der Waals surface area contributed by atoms with Gasteiger partial charge in [-0.1, -0.05) is 42.5 Å². The highest BCUT2D eigenvalue weighted by Crippen LogP contribution is 2.23. The van der Waals surface area contributed by atoms with Gasteiger partial charge in [0, 0.05) is 6.20 Å². The molecule has 0 aliphatic heterocycles. The number of hydrogen-bond acceptors (Lipinski definition) is 2. The zero-order valence-electron chi connectivity index (χ0n) is 11.0. The summed E-state index contributed by atoms with van der Waals surface area (Å²) in [5.41, 5.74) is 8.53. The molecule has 0 bridgehead atoms. The molecule has 0 saturated carbocycles. The molecule has 1 aromatic heterocycles. The van der Waals surface area contributed by atoms with Gasteiger partial charge in [0.2, 0.25) is 0 Å². The Kier molecular flexibility index (Phi) is 3.05. The molecule has 1 unspecified atom stereocenters. The van der Waals surface area contributed by atoms with E-state index in [1.54, 1.807) is 0 Å². The lowest BCUT2D eigenvalue weighted by molar-refractivity contribution is 0.527. The second-order valence-corrected chi connectivity index (χ2v) is 4.85. The summed E-state index contributed by atoms with van der Waals surface area (Å²) in [5.74, 6) is 0. The fraction of sp³-hybridized carbons (Fsp3) is 0.188. The Balaban J connectivity index is 1.95. The zero-order chi connectivity index (χ0) is 13.2. The van der Waals surface area contributed by atoms with E-state index in [2.05, 4.69) is 47.6 Å². The molecule has 3 rings (SSSR count). The minimum atomic E-state index is -0.0506. The molecule has 96 valence electrons. The Morgan fingerprint density at radius 2 is 1.89 bits per heavy atom. The molecule has 0 amide bonds.